The number of fused-ring (bicyclic) bond motifs is 1. The van der Waals surface area contributed by atoms with Crippen molar-refractivity contribution >= 4 is 34.2 Å². The molecule has 2 fully saturated rings. The molecule has 30 heavy (non-hydrogen) atoms. The van der Waals surface area contributed by atoms with Gasteiger partial charge in [-0.05, 0) is 37.2 Å². The van der Waals surface area contributed by atoms with Crippen molar-refractivity contribution in [3.8, 4) is 0 Å². The van der Waals surface area contributed by atoms with E-state index in [9.17, 15) is 14.4 Å². The van der Waals surface area contributed by atoms with Crippen LogP contribution in [0.3, 0.4) is 0 Å². The first kappa shape index (κ1) is 19.1. The van der Waals surface area contributed by atoms with Crippen LogP contribution in [0.4, 0.5) is 5.13 Å². The van der Waals surface area contributed by atoms with Gasteiger partial charge in [0.05, 0.1) is 11.8 Å². The molecule has 2 heterocycles. The monoisotopic (exact) mass is 422 g/mol. The van der Waals surface area contributed by atoms with E-state index in [0.29, 0.717) is 5.13 Å². The molecule has 8 heteroatoms. The molecule has 1 N–H and O–H groups in total. The van der Waals surface area contributed by atoms with Gasteiger partial charge >= 0.3 is 0 Å². The molecular formula is C22H22N4O3S. The van der Waals surface area contributed by atoms with Gasteiger partial charge in [0.2, 0.25) is 22.9 Å². The fourth-order valence-electron chi connectivity index (χ4n) is 5.08. The molecule has 3 amide bonds. The highest BCUT2D eigenvalue weighted by Crippen LogP contribution is 2.50. The van der Waals surface area contributed by atoms with Gasteiger partial charge < -0.3 is 0 Å². The summed E-state index contributed by atoms with van der Waals surface area (Å²) in [6.07, 6.45) is 6.29. The zero-order valence-electron chi connectivity index (χ0n) is 16.5. The Labute approximate surface area is 178 Å². The number of imide groups is 1. The van der Waals surface area contributed by atoms with E-state index in [1.807, 2.05) is 30.3 Å². The van der Waals surface area contributed by atoms with Gasteiger partial charge in [-0.15, -0.1) is 10.2 Å². The van der Waals surface area contributed by atoms with E-state index in [4.69, 9.17) is 0 Å². The average molecular weight is 423 g/mol. The number of likely N-dealkylation sites (tertiary alicyclic amines) is 1. The number of hydrogen-bond donors (Lipinski definition) is 1. The molecular weight excluding hydrogens is 400 g/mol. The number of allylic oxidation sites excluding steroid dienone is 2. The number of amides is 3. The Hall–Kier alpha value is -2.87. The summed E-state index contributed by atoms with van der Waals surface area (Å²) < 4.78 is 0. The van der Waals surface area contributed by atoms with Crippen molar-refractivity contribution in [3.63, 3.8) is 0 Å². The van der Waals surface area contributed by atoms with Crippen molar-refractivity contribution in [1.29, 1.82) is 0 Å². The molecule has 4 aliphatic rings. The van der Waals surface area contributed by atoms with Crippen LogP contribution < -0.4 is 5.32 Å². The van der Waals surface area contributed by atoms with Crippen LogP contribution in [0.25, 0.3) is 0 Å². The summed E-state index contributed by atoms with van der Waals surface area (Å²) >= 11 is 1.26. The topological polar surface area (TPSA) is 92.3 Å². The summed E-state index contributed by atoms with van der Waals surface area (Å²) in [7, 11) is 0. The lowest BCUT2D eigenvalue weighted by Gasteiger charge is -2.38. The smallest absolute Gasteiger partial charge is 0.249 e. The van der Waals surface area contributed by atoms with E-state index in [1.165, 1.54) is 16.2 Å². The minimum atomic E-state index is -0.915. The number of aryl methyl sites for hydroxylation is 1. The van der Waals surface area contributed by atoms with Crippen LogP contribution in [0.15, 0.2) is 42.5 Å². The first-order chi connectivity index (χ1) is 14.5. The third kappa shape index (κ3) is 3.15. The summed E-state index contributed by atoms with van der Waals surface area (Å²) in [6, 6.07) is 8.55. The molecule has 2 bridgehead atoms. The summed E-state index contributed by atoms with van der Waals surface area (Å²) in [5.41, 5.74) is 0.891. The fourth-order valence-corrected chi connectivity index (χ4v) is 5.67. The lowest BCUT2D eigenvalue weighted by molar-refractivity contribution is -0.146. The first-order valence-corrected chi connectivity index (χ1v) is 11.0. The Morgan fingerprint density at radius 1 is 1.10 bits per heavy atom. The maximum absolute atomic E-state index is 13.4. The van der Waals surface area contributed by atoms with Gasteiger partial charge in [-0.1, -0.05) is 53.8 Å². The Bertz CT molecular complexity index is 1000. The van der Waals surface area contributed by atoms with Crippen molar-refractivity contribution in [1.82, 2.24) is 15.1 Å². The van der Waals surface area contributed by atoms with Crippen molar-refractivity contribution in [3.05, 3.63) is 53.1 Å². The maximum atomic E-state index is 13.4. The van der Waals surface area contributed by atoms with Crippen LogP contribution in [-0.4, -0.2) is 38.9 Å². The molecule has 1 saturated heterocycles. The Balaban J connectivity index is 1.47. The number of rotatable bonds is 5. The lowest BCUT2D eigenvalue weighted by atomic mass is 9.63. The van der Waals surface area contributed by atoms with E-state index < -0.39 is 11.9 Å². The Kier molecular flexibility index (Phi) is 4.73. The third-order valence-electron chi connectivity index (χ3n) is 6.44. The molecule has 2 aromatic rings. The van der Waals surface area contributed by atoms with Crippen LogP contribution in [0.1, 0.15) is 23.4 Å². The van der Waals surface area contributed by atoms with Crippen molar-refractivity contribution < 1.29 is 14.4 Å². The minimum absolute atomic E-state index is 0.0905. The van der Waals surface area contributed by atoms with Crippen LogP contribution >= 0.6 is 11.3 Å². The highest BCUT2D eigenvalue weighted by Gasteiger charge is 2.58. The van der Waals surface area contributed by atoms with Crippen LogP contribution in [0, 0.1) is 30.6 Å². The molecule has 7 nitrogen and oxygen atoms in total. The van der Waals surface area contributed by atoms with E-state index in [0.717, 1.165) is 23.4 Å². The normalized spacial score (nSPS) is 28.0. The van der Waals surface area contributed by atoms with Gasteiger partial charge in [-0.3, -0.25) is 24.6 Å². The van der Waals surface area contributed by atoms with Crippen molar-refractivity contribution in [2.24, 2.45) is 23.7 Å². The molecule has 154 valence electrons. The molecule has 0 spiro atoms. The molecule has 5 atom stereocenters. The molecule has 6 rings (SSSR count). The predicted octanol–water partition coefficient (Wildman–Crippen LogP) is 2.59. The zero-order chi connectivity index (χ0) is 20.8. The Morgan fingerprint density at radius 3 is 2.27 bits per heavy atom. The Morgan fingerprint density at radius 2 is 1.73 bits per heavy atom. The highest BCUT2D eigenvalue weighted by atomic mass is 32.1. The number of hydrogen-bond acceptors (Lipinski definition) is 6. The van der Waals surface area contributed by atoms with E-state index in [2.05, 4.69) is 27.7 Å². The maximum Gasteiger partial charge on any atom is 0.249 e. The largest absolute Gasteiger partial charge is 0.299 e. The molecule has 0 unspecified atom stereocenters. The van der Waals surface area contributed by atoms with Gasteiger partial charge in [0.25, 0.3) is 0 Å². The number of aromatic nitrogens is 2. The van der Waals surface area contributed by atoms with E-state index in [-0.39, 0.29) is 41.9 Å². The number of benzene rings is 1. The standard InChI is InChI=1S/C22H22N4O3S/c1-12-24-25-22(30-12)23-19(27)16(11-13-5-3-2-4-6-13)26-20(28)17-14-7-8-15(10-9-14)18(17)21(26)29/h2-8,14-18H,9-11H2,1H3,(H,23,25,27)/t14-,15-,16-,17-,18+/m0/s1. The molecule has 0 radical (unpaired) electrons. The summed E-state index contributed by atoms with van der Waals surface area (Å²) in [4.78, 5) is 41.3. The second kappa shape index (κ2) is 7.43. The molecule has 1 aromatic carbocycles. The zero-order valence-corrected chi connectivity index (χ0v) is 17.3. The molecule has 1 aromatic heterocycles. The van der Waals surface area contributed by atoms with Gasteiger partial charge in [0.1, 0.15) is 11.0 Å². The summed E-state index contributed by atoms with van der Waals surface area (Å²) in [6.45, 7) is 1.80. The van der Waals surface area contributed by atoms with Crippen LogP contribution in [0.2, 0.25) is 0 Å². The van der Waals surface area contributed by atoms with Gasteiger partial charge in [0.15, 0.2) is 0 Å². The van der Waals surface area contributed by atoms with Crippen molar-refractivity contribution in [2.75, 3.05) is 5.32 Å². The SMILES string of the molecule is Cc1nnc(NC(=O)[C@H](Cc2ccccc2)N2C(=O)[C@@H]3[C@H](C2=O)[C@H]2C=C[C@H]3CC2)s1. The van der Waals surface area contributed by atoms with Crippen molar-refractivity contribution in [2.45, 2.75) is 32.2 Å². The van der Waals surface area contributed by atoms with E-state index >= 15 is 0 Å². The average Bonchev–Trinajstić information content (AvgIpc) is 3.29. The van der Waals surface area contributed by atoms with Crippen LogP contribution in [0.5, 0.6) is 0 Å². The molecule has 1 saturated carbocycles. The summed E-state index contributed by atoms with van der Waals surface area (Å²) in [5, 5.41) is 11.7. The number of carbonyl (C=O) groups is 3. The first-order valence-electron chi connectivity index (χ1n) is 10.2. The predicted molar refractivity (Wildman–Crippen MR) is 111 cm³/mol. The molecule has 1 aliphatic heterocycles. The van der Waals surface area contributed by atoms with Gasteiger partial charge in [0, 0.05) is 6.42 Å². The summed E-state index contributed by atoms with van der Waals surface area (Å²) in [5.74, 6) is -1.33. The third-order valence-corrected chi connectivity index (χ3v) is 7.19. The number of carbonyl (C=O) groups excluding carboxylic acids is 3. The second-order valence-corrected chi connectivity index (χ2v) is 9.39. The second-order valence-electron chi connectivity index (χ2n) is 8.21. The van der Waals surface area contributed by atoms with Crippen LogP contribution in [-0.2, 0) is 20.8 Å². The number of anilines is 1. The number of nitrogens with zero attached hydrogens (tertiary/aromatic N) is 3. The van der Waals surface area contributed by atoms with Gasteiger partial charge in [-0.2, -0.15) is 0 Å². The quantitative estimate of drug-likeness (QED) is 0.591. The lowest BCUT2D eigenvalue weighted by Crippen LogP contribution is -2.49. The minimum Gasteiger partial charge on any atom is -0.299 e. The highest BCUT2D eigenvalue weighted by molar-refractivity contribution is 7.15. The number of nitrogens with one attached hydrogen (secondary N) is 1. The fraction of sp³-hybridized carbons (Fsp3) is 0.409. The van der Waals surface area contributed by atoms with E-state index in [1.54, 1.807) is 6.92 Å². The van der Waals surface area contributed by atoms with Gasteiger partial charge in [-0.25, -0.2) is 0 Å². The molecule has 3 aliphatic carbocycles.